The lowest BCUT2D eigenvalue weighted by molar-refractivity contribution is 0.0952. The molecule has 1 heterocycles. The number of benzene rings is 2. The molecule has 3 N–H and O–H groups in total. The van der Waals surface area contributed by atoms with Crippen molar-refractivity contribution >= 4 is 22.8 Å². The Bertz CT molecular complexity index is 1110. The molecule has 0 atom stereocenters. The van der Waals surface area contributed by atoms with Crippen molar-refractivity contribution in [1.29, 1.82) is 0 Å². The summed E-state index contributed by atoms with van der Waals surface area (Å²) in [6.45, 7) is 0.299. The molecule has 29 heavy (non-hydrogen) atoms. The van der Waals surface area contributed by atoms with Gasteiger partial charge < -0.3 is 29.7 Å². The quantitative estimate of drug-likeness (QED) is 0.628. The summed E-state index contributed by atoms with van der Waals surface area (Å²) in [5, 5.41) is 2.96. The van der Waals surface area contributed by atoms with E-state index in [9.17, 15) is 9.59 Å². The van der Waals surface area contributed by atoms with Gasteiger partial charge in [-0.3, -0.25) is 9.59 Å². The third kappa shape index (κ3) is 4.11. The van der Waals surface area contributed by atoms with E-state index >= 15 is 0 Å². The van der Waals surface area contributed by atoms with Crippen LogP contribution in [0.15, 0.2) is 45.6 Å². The van der Waals surface area contributed by atoms with Gasteiger partial charge >= 0.3 is 0 Å². The van der Waals surface area contributed by atoms with Crippen LogP contribution in [-0.2, 0) is 6.42 Å². The Hall–Kier alpha value is -3.68. The minimum absolute atomic E-state index is 0.213. The zero-order chi connectivity index (χ0) is 21.0. The Balaban J connectivity index is 1.76. The van der Waals surface area contributed by atoms with Gasteiger partial charge in [0.25, 0.3) is 5.91 Å². The first-order chi connectivity index (χ1) is 14.0. The molecule has 0 radical (unpaired) electrons. The summed E-state index contributed by atoms with van der Waals surface area (Å²) >= 11 is 0. The highest BCUT2D eigenvalue weighted by Gasteiger charge is 2.19. The Morgan fingerprint density at radius 2 is 1.79 bits per heavy atom. The standard InChI is InChI=1S/C21H22N2O6/c1-26-13-5-6-14-16(11-13)29-20(22)18(19(14)24)21(25)23-9-8-12-4-7-15(27-2)17(10-12)28-3/h4-7,10-11H,8-9,22H2,1-3H3,(H,23,25). The molecule has 3 aromatic rings. The highest BCUT2D eigenvalue weighted by molar-refractivity contribution is 6.00. The van der Waals surface area contributed by atoms with Crippen molar-refractivity contribution in [2.75, 3.05) is 33.6 Å². The first-order valence-electron chi connectivity index (χ1n) is 8.88. The Morgan fingerprint density at radius 3 is 2.48 bits per heavy atom. The number of rotatable bonds is 7. The van der Waals surface area contributed by atoms with Gasteiger partial charge in [0.15, 0.2) is 11.5 Å². The van der Waals surface area contributed by atoms with Crippen molar-refractivity contribution in [2.45, 2.75) is 6.42 Å². The predicted molar refractivity (Wildman–Crippen MR) is 109 cm³/mol. The molecule has 1 amide bonds. The van der Waals surface area contributed by atoms with Gasteiger partial charge in [-0.15, -0.1) is 0 Å². The minimum atomic E-state index is -0.588. The highest BCUT2D eigenvalue weighted by atomic mass is 16.5. The van der Waals surface area contributed by atoms with Crippen molar-refractivity contribution in [3.8, 4) is 17.2 Å². The second kappa shape index (κ2) is 8.55. The maximum atomic E-state index is 12.7. The molecule has 0 spiro atoms. The molecule has 0 aliphatic heterocycles. The number of carbonyl (C=O) groups is 1. The lowest BCUT2D eigenvalue weighted by Crippen LogP contribution is -2.31. The lowest BCUT2D eigenvalue weighted by atomic mass is 10.1. The first kappa shape index (κ1) is 20.1. The molecule has 0 saturated heterocycles. The number of amides is 1. The zero-order valence-electron chi connectivity index (χ0n) is 16.4. The fraction of sp³-hybridized carbons (Fsp3) is 0.238. The van der Waals surface area contributed by atoms with Gasteiger partial charge in [-0.25, -0.2) is 0 Å². The van der Waals surface area contributed by atoms with E-state index in [0.717, 1.165) is 5.56 Å². The molecule has 8 nitrogen and oxygen atoms in total. The van der Waals surface area contributed by atoms with Crippen molar-refractivity contribution in [2.24, 2.45) is 0 Å². The normalized spacial score (nSPS) is 10.6. The SMILES string of the molecule is COc1ccc2c(=O)c(C(=O)NCCc3ccc(OC)c(OC)c3)c(N)oc2c1. The van der Waals surface area contributed by atoms with E-state index in [1.807, 2.05) is 12.1 Å². The van der Waals surface area contributed by atoms with Crippen molar-refractivity contribution in [3.63, 3.8) is 0 Å². The topological polar surface area (TPSA) is 113 Å². The van der Waals surface area contributed by atoms with E-state index in [4.69, 9.17) is 24.4 Å². The van der Waals surface area contributed by atoms with Crippen molar-refractivity contribution < 1.29 is 23.4 Å². The molecule has 0 bridgehead atoms. The van der Waals surface area contributed by atoms with E-state index in [1.54, 1.807) is 38.5 Å². The van der Waals surface area contributed by atoms with Crippen molar-refractivity contribution in [1.82, 2.24) is 5.32 Å². The number of hydrogen-bond acceptors (Lipinski definition) is 7. The number of nitrogens with two attached hydrogens (primary N) is 1. The molecule has 0 saturated carbocycles. The second-order valence-electron chi connectivity index (χ2n) is 6.23. The summed E-state index contributed by atoms with van der Waals surface area (Å²) in [6, 6.07) is 10.2. The number of fused-ring (bicyclic) bond motifs is 1. The van der Waals surface area contributed by atoms with Gasteiger partial charge in [-0.05, 0) is 36.2 Å². The van der Waals surface area contributed by atoms with Crippen LogP contribution in [0.4, 0.5) is 5.88 Å². The number of ether oxygens (including phenoxy) is 3. The fourth-order valence-corrected chi connectivity index (χ4v) is 2.98. The summed E-state index contributed by atoms with van der Waals surface area (Å²) in [5.41, 5.74) is 6.33. The molecule has 3 rings (SSSR count). The molecule has 8 heteroatoms. The largest absolute Gasteiger partial charge is 0.497 e. The molecule has 0 aliphatic carbocycles. The predicted octanol–water partition coefficient (Wildman–Crippen LogP) is 2.37. The Labute approximate surface area is 167 Å². The summed E-state index contributed by atoms with van der Waals surface area (Å²) in [6.07, 6.45) is 0.530. The van der Waals surface area contributed by atoms with Crippen molar-refractivity contribution in [3.05, 3.63) is 57.7 Å². The van der Waals surface area contributed by atoms with E-state index in [1.165, 1.54) is 7.11 Å². The zero-order valence-corrected chi connectivity index (χ0v) is 16.4. The second-order valence-corrected chi connectivity index (χ2v) is 6.23. The molecule has 152 valence electrons. The smallest absolute Gasteiger partial charge is 0.260 e. The minimum Gasteiger partial charge on any atom is -0.497 e. The van der Waals surface area contributed by atoms with Crippen LogP contribution in [-0.4, -0.2) is 33.8 Å². The van der Waals surface area contributed by atoms with E-state index < -0.39 is 11.3 Å². The van der Waals surface area contributed by atoms with E-state index in [2.05, 4.69) is 5.32 Å². The van der Waals surface area contributed by atoms with Gasteiger partial charge in [0.05, 0.1) is 26.7 Å². The van der Waals surface area contributed by atoms with Gasteiger partial charge in [0.1, 0.15) is 16.9 Å². The molecular weight excluding hydrogens is 376 g/mol. The molecule has 1 aromatic heterocycles. The first-order valence-corrected chi connectivity index (χ1v) is 8.88. The van der Waals surface area contributed by atoms with Crippen LogP contribution in [0.1, 0.15) is 15.9 Å². The van der Waals surface area contributed by atoms with E-state index in [-0.39, 0.29) is 22.4 Å². The van der Waals surface area contributed by atoms with Gasteiger partial charge in [-0.2, -0.15) is 0 Å². The van der Waals surface area contributed by atoms with Crippen LogP contribution in [0.25, 0.3) is 11.0 Å². The number of nitrogens with one attached hydrogen (secondary N) is 1. The monoisotopic (exact) mass is 398 g/mol. The summed E-state index contributed by atoms with van der Waals surface area (Å²) in [7, 11) is 4.62. The third-order valence-electron chi connectivity index (χ3n) is 4.50. The van der Waals surface area contributed by atoms with Crippen LogP contribution < -0.4 is 30.7 Å². The highest BCUT2D eigenvalue weighted by Crippen LogP contribution is 2.27. The number of methoxy groups -OCH3 is 3. The number of anilines is 1. The average Bonchev–Trinajstić information content (AvgIpc) is 2.73. The van der Waals surface area contributed by atoms with Gasteiger partial charge in [0, 0.05) is 12.6 Å². The van der Waals surface area contributed by atoms with Crippen LogP contribution >= 0.6 is 0 Å². The molecular formula is C21H22N2O6. The summed E-state index contributed by atoms with van der Waals surface area (Å²) in [5.74, 6) is 0.922. The Kier molecular flexibility index (Phi) is 5.92. The van der Waals surface area contributed by atoms with Crippen LogP contribution in [0.3, 0.4) is 0 Å². The molecule has 0 unspecified atom stereocenters. The van der Waals surface area contributed by atoms with Gasteiger partial charge in [-0.1, -0.05) is 6.07 Å². The third-order valence-corrected chi connectivity index (χ3v) is 4.50. The summed E-state index contributed by atoms with van der Waals surface area (Å²) in [4.78, 5) is 25.3. The van der Waals surface area contributed by atoms with Crippen LogP contribution in [0.5, 0.6) is 17.2 Å². The number of carbonyl (C=O) groups excluding carboxylic acids is 1. The molecule has 0 fully saturated rings. The maximum absolute atomic E-state index is 12.7. The van der Waals surface area contributed by atoms with E-state index in [0.29, 0.717) is 30.2 Å². The van der Waals surface area contributed by atoms with Crippen LogP contribution in [0, 0.1) is 0 Å². The fourth-order valence-electron chi connectivity index (χ4n) is 2.98. The average molecular weight is 398 g/mol. The lowest BCUT2D eigenvalue weighted by Gasteiger charge is -2.11. The molecule has 0 aliphatic rings. The Morgan fingerprint density at radius 1 is 1.03 bits per heavy atom. The summed E-state index contributed by atoms with van der Waals surface area (Å²) < 4.78 is 21.0. The number of hydrogen-bond donors (Lipinski definition) is 2. The maximum Gasteiger partial charge on any atom is 0.260 e. The van der Waals surface area contributed by atoms with Gasteiger partial charge in [0.2, 0.25) is 11.3 Å². The number of nitrogen functional groups attached to an aromatic ring is 1. The van der Waals surface area contributed by atoms with Crippen LogP contribution in [0.2, 0.25) is 0 Å². The molecule has 2 aromatic carbocycles.